The summed E-state index contributed by atoms with van der Waals surface area (Å²) >= 11 is 5.80. The first-order chi connectivity index (χ1) is 9.52. The van der Waals surface area contributed by atoms with Crippen molar-refractivity contribution in [1.29, 1.82) is 0 Å². The molecule has 0 saturated carbocycles. The highest BCUT2D eigenvalue weighted by molar-refractivity contribution is 8.13. The Hall–Kier alpha value is -0.850. The molecule has 1 aromatic carbocycles. The summed E-state index contributed by atoms with van der Waals surface area (Å²) in [4.78, 5) is 11.3. The molecular weight excluding hydrogens is 340 g/mol. The van der Waals surface area contributed by atoms with Crippen molar-refractivity contribution < 1.29 is 17.6 Å². The van der Waals surface area contributed by atoms with Gasteiger partial charge in [0.1, 0.15) is 10.7 Å². The number of carbonyl (C=O) groups excluding carboxylic acids is 1. The minimum absolute atomic E-state index is 0.130. The van der Waals surface area contributed by atoms with E-state index in [0.717, 1.165) is 18.6 Å². The lowest BCUT2D eigenvalue weighted by molar-refractivity contribution is 0.0936. The van der Waals surface area contributed by atoms with E-state index >= 15 is 0 Å². The zero-order valence-electron chi connectivity index (χ0n) is 11.8. The Labute approximate surface area is 133 Å². The summed E-state index contributed by atoms with van der Waals surface area (Å²) in [6.45, 7) is 5.83. The van der Waals surface area contributed by atoms with Crippen LogP contribution in [0.4, 0.5) is 4.39 Å². The van der Waals surface area contributed by atoms with Crippen LogP contribution in [-0.2, 0) is 9.05 Å². The number of hydrogen-bond acceptors (Lipinski definition) is 3. The first-order valence-electron chi connectivity index (χ1n) is 6.27. The molecule has 0 radical (unpaired) electrons. The highest BCUT2D eigenvalue weighted by Crippen LogP contribution is 2.26. The Bertz CT molecular complexity index is 647. The summed E-state index contributed by atoms with van der Waals surface area (Å²) in [5.74, 6) is -1.29. The van der Waals surface area contributed by atoms with Crippen molar-refractivity contribution in [1.82, 2.24) is 5.32 Å². The third-order valence-corrected chi connectivity index (χ3v) is 4.38. The zero-order chi connectivity index (χ0) is 16.4. The number of halogens is 3. The van der Waals surface area contributed by atoms with Crippen LogP contribution in [0.5, 0.6) is 0 Å². The van der Waals surface area contributed by atoms with Crippen LogP contribution >= 0.6 is 22.3 Å². The van der Waals surface area contributed by atoms with Crippen LogP contribution < -0.4 is 5.32 Å². The van der Waals surface area contributed by atoms with E-state index in [0.29, 0.717) is 5.92 Å². The standard InChI is InChI=1S/C13H16Cl2FNO3S/c1-7(2)4-8(3)17-13(18)9-5-12(21(15,19)20)11(16)6-10(9)14/h5-8H,4H2,1-3H3,(H,17,18). The summed E-state index contributed by atoms with van der Waals surface area (Å²) in [7, 11) is 0.830. The molecule has 1 aromatic rings. The number of benzene rings is 1. The van der Waals surface area contributed by atoms with Crippen LogP contribution in [0, 0.1) is 11.7 Å². The third-order valence-electron chi connectivity index (χ3n) is 2.73. The van der Waals surface area contributed by atoms with Gasteiger partial charge in [-0.3, -0.25) is 4.79 Å². The van der Waals surface area contributed by atoms with E-state index in [1.165, 1.54) is 0 Å². The molecule has 0 fully saturated rings. The number of amides is 1. The first-order valence-corrected chi connectivity index (χ1v) is 8.95. The molecule has 0 bridgehead atoms. The molecule has 1 amide bonds. The molecule has 0 saturated heterocycles. The van der Waals surface area contributed by atoms with E-state index in [1.807, 2.05) is 20.8 Å². The predicted molar refractivity (Wildman–Crippen MR) is 80.8 cm³/mol. The van der Waals surface area contributed by atoms with Gasteiger partial charge in [-0.15, -0.1) is 0 Å². The van der Waals surface area contributed by atoms with Crippen LogP contribution in [0.1, 0.15) is 37.6 Å². The number of nitrogens with one attached hydrogen (secondary N) is 1. The second-order valence-corrected chi connectivity index (χ2v) is 8.15. The SMILES string of the molecule is CC(C)CC(C)NC(=O)c1cc(S(=O)(=O)Cl)c(F)cc1Cl. The zero-order valence-corrected chi connectivity index (χ0v) is 14.1. The van der Waals surface area contributed by atoms with Crippen molar-refractivity contribution >= 4 is 37.2 Å². The number of hydrogen-bond donors (Lipinski definition) is 1. The van der Waals surface area contributed by atoms with Gasteiger partial charge in [0.05, 0.1) is 10.6 Å². The Morgan fingerprint density at radius 1 is 1.33 bits per heavy atom. The molecule has 21 heavy (non-hydrogen) atoms. The number of carbonyl (C=O) groups is 1. The summed E-state index contributed by atoms with van der Waals surface area (Å²) in [6, 6.07) is 1.48. The Balaban J connectivity index is 3.10. The maximum Gasteiger partial charge on any atom is 0.264 e. The molecule has 118 valence electrons. The van der Waals surface area contributed by atoms with Gasteiger partial charge in [-0.05, 0) is 31.4 Å². The maximum atomic E-state index is 13.5. The van der Waals surface area contributed by atoms with Gasteiger partial charge in [0.2, 0.25) is 0 Å². The topological polar surface area (TPSA) is 63.2 Å². The van der Waals surface area contributed by atoms with E-state index in [4.69, 9.17) is 22.3 Å². The molecule has 0 aliphatic carbocycles. The highest BCUT2D eigenvalue weighted by Gasteiger charge is 2.22. The average Bonchev–Trinajstić information content (AvgIpc) is 2.24. The smallest absolute Gasteiger partial charge is 0.264 e. The third kappa shape index (κ3) is 5.13. The van der Waals surface area contributed by atoms with Crippen LogP contribution in [-0.4, -0.2) is 20.4 Å². The molecule has 4 nitrogen and oxygen atoms in total. The molecule has 0 heterocycles. The van der Waals surface area contributed by atoms with Gasteiger partial charge >= 0.3 is 0 Å². The molecule has 1 unspecified atom stereocenters. The molecule has 0 aliphatic heterocycles. The van der Waals surface area contributed by atoms with Gasteiger partial charge in [-0.2, -0.15) is 0 Å². The first kappa shape index (κ1) is 18.2. The minimum atomic E-state index is -4.30. The second-order valence-electron chi connectivity index (χ2n) is 5.20. The van der Waals surface area contributed by atoms with Gasteiger partial charge in [-0.25, -0.2) is 12.8 Å². The van der Waals surface area contributed by atoms with Gasteiger partial charge in [0.25, 0.3) is 15.0 Å². The van der Waals surface area contributed by atoms with Crippen molar-refractivity contribution in [3.8, 4) is 0 Å². The molecule has 0 spiro atoms. The summed E-state index contributed by atoms with van der Waals surface area (Å²) in [5, 5.41) is 2.51. The fraction of sp³-hybridized carbons (Fsp3) is 0.462. The van der Waals surface area contributed by atoms with E-state index in [2.05, 4.69) is 5.32 Å². The summed E-state index contributed by atoms with van der Waals surface area (Å²) < 4.78 is 36.1. The average molecular weight is 356 g/mol. The normalized spacial score (nSPS) is 13.3. The van der Waals surface area contributed by atoms with E-state index < -0.39 is 25.7 Å². The van der Waals surface area contributed by atoms with E-state index in [1.54, 1.807) is 0 Å². The molecule has 0 aromatic heterocycles. The summed E-state index contributed by atoms with van der Waals surface area (Å²) in [5.41, 5.74) is -0.132. The highest BCUT2D eigenvalue weighted by atomic mass is 35.7. The number of rotatable bonds is 5. The van der Waals surface area contributed by atoms with Crippen LogP contribution in [0.3, 0.4) is 0 Å². The fourth-order valence-electron chi connectivity index (χ4n) is 1.96. The lowest BCUT2D eigenvalue weighted by atomic mass is 10.0. The van der Waals surface area contributed by atoms with E-state index in [-0.39, 0.29) is 16.6 Å². The van der Waals surface area contributed by atoms with Crippen LogP contribution in [0.15, 0.2) is 17.0 Å². The van der Waals surface area contributed by atoms with Gasteiger partial charge in [0.15, 0.2) is 0 Å². The fourth-order valence-corrected chi connectivity index (χ4v) is 3.10. The van der Waals surface area contributed by atoms with Crippen LogP contribution in [0.2, 0.25) is 5.02 Å². The predicted octanol–water partition coefficient (Wildman–Crippen LogP) is 3.57. The second kappa shape index (κ2) is 6.94. The van der Waals surface area contributed by atoms with Crippen molar-refractivity contribution in [3.05, 3.63) is 28.5 Å². The Morgan fingerprint density at radius 3 is 2.38 bits per heavy atom. The lowest BCUT2D eigenvalue weighted by Gasteiger charge is -2.16. The van der Waals surface area contributed by atoms with Gasteiger partial charge in [-0.1, -0.05) is 25.4 Å². The van der Waals surface area contributed by atoms with Crippen molar-refractivity contribution in [2.75, 3.05) is 0 Å². The Morgan fingerprint density at radius 2 is 1.90 bits per heavy atom. The lowest BCUT2D eigenvalue weighted by Crippen LogP contribution is -2.33. The maximum absolute atomic E-state index is 13.5. The monoisotopic (exact) mass is 355 g/mol. The quantitative estimate of drug-likeness (QED) is 0.821. The van der Waals surface area contributed by atoms with Crippen molar-refractivity contribution in [3.63, 3.8) is 0 Å². The Kier molecular flexibility index (Phi) is 6.01. The summed E-state index contributed by atoms with van der Waals surface area (Å²) in [6.07, 6.45) is 0.741. The minimum Gasteiger partial charge on any atom is -0.350 e. The molecule has 1 N–H and O–H groups in total. The van der Waals surface area contributed by atoms with Gasteiger partial charge < -0.3 is 5.32 Å². The molecule has 1 atom stereocenters. The van der Waals surface area contributed by atoms with Crippen LogP contribution in [0.25, 0.3) is 0 Å². The van der Waals surface area contributed by atoms with Gasteiger partial charge in [0, 0.05) is 16.7 Å². The molecule has 0 aliphatic rings. The molecule has 8 heteroatoms. The molecular formula is C13H16Cl2FNO3S. The van der Waals surface area contributed by atoms with Crippen molar-refractivity contribution in [2.24, 2.45) is 5.92 Å². The van der Waals surface area contributed by atoms with E-state index in [9.17, 15) is 17.6 Å². The largest absolute Gasteiger partial charge is 0.350 e. The van der Waals surface area contributed by atoms with Crippen molar-refractivity contribution in [2.45, 2.75) is 38.1 Å². The molecule has 1 rings (SSSR count).